The molecule has 0 spiro atoms. The van der Waals surface area contributed by atoms with Crippen LogP contribution >= 0.6 is 12.4 Å². The molecule has 0 amide bonds. The number of halogens is 2. The van der Waals surface area contributed by atoms with Gasteiger partial charge in [-0.15, -0.1) is 12.4 Å². The van der Waals surface area contributed by atoms with Crippen LogP contribution in [0.1, 0.15) is 12.8 Å². The van der Waals surface area contributed by atoms with Crippen molar-refractivity contribution in [3.63, 3.8) is 0 Å². The van der Waals surface area contributed by atoms with Gasteiger partial charge in [-0.25, -0.2) is 4.39 Å². The van der Waals surface area contributed by atoms with Crippen LogP contribution in [-0.2, 0) is 4.79 Å². The van der Waals surface area contributed by atoms with Gasteiger partial charge >= 0.3 is 5.97 Å². The van der Waals surface area contributed by atoms with E-state index in [0.717, 1.165) is 13.0 Å². The summed E-state index contributed by atoms with van der Waals surface area (Å²) in [5, 5.41) is 9.00. The first-order valence-electron chi connectivity index (χ1n) is 6.02. The van der Waals surface area contributed by atoms with E-state index >= 15 is 0 Å². The molecule has 19 heavy (non-hydrogen) atoms. The van der Waals surface area contributed by atoms with E-state index in [1.165, 1.54) is 6.07 Å². The summed E-state index contributed by atoms with van der Waals surface area (Å²) in [5.41, 5.74) is 0. The van der Waals surface area contributed by atoms with E-state index in [9.17, 15) is 9.18 Å². The summed E-state index contributed by atoms with van der Waals surface area (Å²) in [6, 6.07) is 5.78. The maximum Gasteiger partial charge on any atom is 0.320 e. The Hall–Kier alpha value is -1.33. The van der Waals surface area contributed by atoms with Crippen LogP contribution in [-0.4, -0.2) is 41.7 Å². The highest BCUT2D eigenvalue weighted by atomic mass is 35.5. The molecule has 1 fully saturated rings. The zero-order valence-electron chi connectivity index (χ0n) is 10.4. The summed E-state index contributed by atoms with van der Waals surface area (Å²) < 4.78 is 18.6. The summed E-state index contributed by atoms with van der Waals surface area (Å²) >= 11 is 0. The Labute approximate surface area is 117 Å². The van der Waals surface area contributed by atoms with E-state index in [2.05, 4.69) is 0 Å². The van der Waals surface area contributed by atoms with Crippen molar-refractivity contribution in [1.82, 2.24) is 4.90 Å². The van der Waals surface area contributed by atoms with E-state index in [1.54, 1.807) is 18.2 Å². The summed E-state index contributed by atoms with van der Waals surface area (Å²) in [6.45, 7) is 1.56. The molecule has 0 aliphatic carbocycles. The Kier molecular flexibility index (Phi) is 6.05. The lowest BCUT2D eigenvalue weighted by atomic mass is 10.2. The van der Waals surface area contributed by atoms with Gasteiger partial charge in [0.2, 0.25) is 0 Å². The van der Waals surface area contributed by atoms with Crippen molar-refractivity contribution in [3.8, 4) is 5.75 Å². The van der Waals surface area contributed by atoms with Crippen molar-refractivity contribution in [2.24, 2.45) is 0 Å². The highest BCUT2D eigenvalue weighted by Gasteiger charge is 2.29. The molecule has 4 nitrogen and oxygen atoms in total. The normalized spacial score (nSPS) is 18.9. The first-order valence-corrected chi connectivity index (χ1v) is 6.02. The standard InChI is InChI=1S/C13H16FNO3.ClH/c14-10-4-1-2-6-12(10)18-9-8-15-7-3-5-11(15)13(16)17;/h1-2,4,6,11H,3,5,7-9H2,(H,16,17);1H/t11-;/m1./s1. The van der Waals surface area contributed by atoms with Gasteiger partial charge < -0.3 is 9.84 Å². The lowest BCUT2D eigenvalue weighted by molar-refractivity contribution is -0.142. The lowest BCUT2D eigenvalue weighted by Crippen LogP contribution is -2.38. The molecule has 1 aliphatic heterocycles. The first-order chi connectivity index (χ1) is 8.68. The summed E-state index contributed by atoms with van der Waals surface area (Å²) in [6.07, 6.45) is 1.56. The summed E-state index contributed by atoms with van der Waals surface area (Å²) in [4.78, 5) is 12.8. The molecule has 0 saturated carbocycles. The molecule has 1 saturated heterocycles. The van der Waals surface area contributed by atoms with Gasteiger partial charge in [-0.3, -0.25) is 9.69 Å². The lowest BCUT2D eigenvalue weighted by Gasteiger charge is -2.20. The third-order valence-corrected chi connectivity index (χ3v) is 3.12. The van der Waals surface area contributed by atoms with Crippen molar-refractivity contribution in [3.05, 3.63) is 30.1 Å². The maximum atomic E-state index is 13.3. The van der Waals surface area contributed by atoms with E-state index < -0.39 is 17.8 Å². The van der Waals surface area contributed by atoms with Crippen molar-refractivity contribution >= 4 is 18.4 Å². The molecule has 1 atom stereocenters. The Morgan fingerprint density at radius 1 is 1.47 bits per heavy atom. The van der Waals surface area contributed by atoms with Crippen molar-refractivity contribution in [1.29, 1.82) is 0 Å². The minimum atomic E-state index is -0.793. The van der Waals surface area contributed by atoms with Crippen LogP contribution in [0.15, 0.2) is 24.3 Å². The molecule has 2 rings (SSSR count). The quantitative estimate of drug-likeness (QED) is 0.903. The zero-order chi connectivity index (χ0) is 13.0. The Bertz CT molecular complexity index is 430. The van der Waals surface area contributed by atoms with Gasteiger partial charge in [0.1, 0.15) is 12.6 Å². The number of ether oxygens (including phenoxy) is 1. The first kappa shape index (κ1) is 15.7. The number of benzene rings is 1. The largest absolute Gasteiger partial charge is 0.489 e. The third kappa shape index (κ3) is 4.08. The second kappa shape index (κ2) is 7.31. The van der Waals surface area contributed by atoms with E-state index in [4.69, 9.17) is 9.84 Å². The van der Waals surface area contributed by atoms with Crippen molar-refractivity contribution in [2.75, 3.05) is 19.7 Å². The minimum Gasteiger partial charge on any atom is -0.489 e. The Morgan fingerprint density at radius 2 is 2.21 bits per heavy atom. The molecule has 106 valence electrons. The predicted molar refractivity (Wildman–Crippen MR) is 71.4 cm³/mol. The van der Waals surface area contributed by atoms with Gasteiger partial charge in [0.15, 0.2) is 11.6 Å². The molecular weight excluding hydrogens is 273 g/mol. The van der Waals surface area contributed by atoms with Crippen LogP contribution in [0, 0.1) is 5.82 Å². The maximum absolute atomic E-state index is 13.3. The average molecular weight is 290 g/mol. The second-order valence-electron chi connectivity index (χ2n) is 4.31. The number of aliphatic carboxylic acids is 1. The monoisotopic (exact) mass is 289 g/mol. The van der Waals surface area contributed by atoms with Crippen LogP contribution in [0.25, 0.3) is 0 Å². The van der Waals surface area contributed by atoms with E-state index in [-0.39, 0.29) is 18.2 Å². The van der Waals surface area contributed by atoms with Crippen molar-refractivity contribution < 1.29 is 19.0 Å². The number of carboxylic acids is 1. The van der Waals surface area contributed by atoms with Crippen LogP contribution in [0.5, 0.6) is 5.75 Å². The van der Waals surface area contributed by atoms with Crippen LogP contribution in [0.4, 0.5) is 4.39 Å². The highest BCUT2D eigenvalue weighted by Crippen LogP contribution is 2.18. The molecule has 1 heterocycles. The van der Waals surface area contributed by atoms with Gasteiger partial charge in [-0.05, 0) is 31.5 Å². The summed E-state index contributed by atoms with van der Waals surface area (Å²) in [5.74, 6) is -0.976. The molecule has 6 heteroatoms. The molecule has 1 aromatic rings. The molecule has 1 aromatic carbocycles. The number of nitrogens with zero attached hydrogens (tertiary/aromatic N) is 1. The SMILES string of the molecule is Cl.O=C(O)[C@H]1CCCN1CCOc1ccccc1F. The van der Waals surface area contributed by atoms with E-state index in [1.807, 2.05) is 4.90 Å². The number of carboxylic acid groups (broad SMARTS) is 1. The average Bonchev–Trinajstić information content (AvgIpc) is 2.80. The number of likely N-dealkylation sites (tertiary alicyclic amines) is 1. The van der Waals surface area contributed by atoms with Gasteiger partial charge in [0.25, 0.3) is 0 Å². The summed E-state index contributed by atoms with van der Waals surface area (Å²) in [7, 11) is 0. The molecular formula is C13H17ClFNO3. The topological polar surface area (TPSA) is 49.8 Å². The highest BCUT2D eigenvalue weighted by molar-refractivity contribution is 5.85. The fraction of sp³-hybridized carbons (Fsp3) is 0.462. The Morgan fingerprint density at radius 3 is 2.89 bits per heavy atom. The molecule has 0 radical (unpaired) electrons. The van der Waals surface area contributed by atoms with Gasteiger partial charge in [-0.1, -0.05) is 12.1 Å². The van der Waals surface area contributed by atoms with Crippen LogP contribution in [0.2, 0.25) is 0 Å². The Balaban J connectivity index is 0.00000180. The fourth-order valence-corrected chi connectivity index (χ4v) is 2.21. The molecule has 0 unspecified atom stereocenters. The van der Waals surface area contributed by atoms with Gasteiger partial charge in [0, 0.05) is 6.54 Å². The molecule has 1 aliphatic rings. The smallest absolute Gasteiger partial charge is 0.320 e. The number of hydrogen-bond acceptors (Lipinski definition) is 3. The number of carbonyl (C=O) groups is 1. The number of rotatable bonds is 5. The van der Waals surface area contributed by atoms with Crippen LogP contribution in [0.3, 0.4) is 0 Å². The van der Waals surface area contributed by atoms with E-state index in [0.29, 0.717) is 19.6 Å². The molecule has 1 N–H and O–H groups in total. The van der Waals surface area contributed by atoms with Crippen LogP contribution < -0.4 is 4.74 Å². The minimum absolute atomic E-state index is 0. The number of para-hydroxylation sites is 1. The number of hydrogen-bond donors (Lipinski definition) is 1. The van der Waals surface area contributed by atoms with Gasteiger partial charge in [-0.2, -0.15) is 0 Å². The van der Waals surface area contributed by atoms with Gasteiger partial charge in [0.05, 0.1) is 0 Å². The second-order valence-corrected chi connectivity index (χ2v) is 4.31. The third-order valence-electron chi connectivity index (χ3n) is 3.12. The predicted octanol–water partition coefficient (Wildman–Crippen LogP) is 2.18. The molecule has 0 aromatic heterocycles. The van der Waals surface area contributed by atoms with Crippen molar-refractivity contribution in [2.45, 2.75) is 18.9 Å². The molecule has 0 bridgehead atoms. The zero-order valence-corrected chi connectivity index (χ0v) is 11.2. The fourth-order valence-electron chi connectivity index (χ4n) is 2.21.